The first-order valence-electron chi connectivity index (χ1n) is 7.86. The summed E-state index contributed by atoms with van der Waals surface area (Å²) in [5.41, 5.74) is 0.973. The summed E-state index contributed by atoms with van der Waals surface area (Å²) in [5, 5.41) is 9.68. The molecule has 0 aliphatic rings. The van der Waals surface area contributed by atoms with Crippen molar-refractivity contribution >= 4 is 17.2 Å². The van der Waals surface area contributed by atoms with E-state index in [1.807, 2.05) is 54.4 Å². The molecule has 25 heavy (non-hydrogen) atoms. The van der Waals surface area contributed by atoms with Crippen LogP contribution in [0.3, 0.4) is 0 Å². The fraction of sp³-hybridized carbons (Fsp3) is 0.222. The van der Waals surface area contributed by atoms with Gasteiger partial charge in [-0.15, -0.1) is 0 Å². The van der Waals surface area contributed by atoms with E-state index in [9.17, 15) is 9.90 Å². The average Bonchev–Trinajstić information content (AvgIpc) is 2.93. The molecule has 2 aromatic heterocycles. The normalized spacial score (nSPS) is 10.6. The minimum atomic E-state index is -0.252. The van der Waals surface area contributed by atoms with E-state index in [2.05, 4.69) is 9.97 Å². The molecular weight excluding hydrogens is 338 g/mol. The van der Waals surface area contributed by atoms with Gasteiger partial charge in [-0.3, -0.25) is 9.78 Å². The van der Waals surface area contributed by atoms with E-state index in [4.69, 9.17) is 4.74 Å². The minimum absolute atomic E-state index is 0.0571. The van der Waals surface area contributed by atoms with Gasteiger partial charge in [-0.05, 0) is 29.8 Å². The highest BCUT2D eigenvalue weighted by Crippen LogP contribution is 2.22. The van der Waals surface area contributed by atoms with Crippen molar-refractivity contribution in [1.82, 2.24) is 9.97 Å². The number of pyridine rings is 1. The van der Waals surface area contributed by atoms with Crippen molar-refractivity contribution in [2.75, 3.05) is 25.1 Å². The van der Waals surface area contributed by atoms with Gasteiger partial charge in [0.05, 0.1) is 11.4 Å². The minimum Gasteiger partial charge on any atom is -0.494 e. The fourth-order valence-corrected chi connectivity index (χ4v) is 3.16. The first-order valence-corrected chi connectivity index (χ1v) is 8.68. The maximum absolute atomic E-state index is 11.3. The molecule has 130 valence electrons. The second-order valence-corrected chi connectivity index (χ2v) is 6.64. The largest absolute Gasteiger partial charge is 0.494 e. The molecule has 0 amide bonds. The fourth-order valence-electron chi connectivity index (χ4n) is 2.40. The number of rotatable bonds is 7. The van der Waals surface area contributed by atoms with Crippen LogP contribution in [0.15, 0.2) is 53.5 Å². The van der Waals surface area contributed by atoms with Gasteiger partial charge in [0.1, 0.15) is 18.2 Å². The molecule has 0 fully saturated rings. The summed E-state index contributed by atoms with van der Waals surface area (Å²) in [4.78, 5) is 20.3. The van der Waals surface area contributed by atoms with E-state index in [0.29, 0.717) is 24.4 Å². The lowest BCUT2D eigenvalue weighted by Crippen LogP contribution is -2.24. The number of aromatic hydroxyl groups is 1. The van der Waals surface area contributed by atoms with E-state index in [0.717, 1.165) is 28.5 Å². The number of anilines is 1. The molecule has 1 aromatic carbocycles. The van der Waals surface area contributed by atoms with Gasteiger partial charge >= 0.3 is 4.87 Å². The summed E-state index contributed by atoms with van der Waals surface area (Å²) >= 11 is 1.02. The third kappa shape index (κ3) is 4.60. The Bertz CT molecular complexity index is 877. The van der Waals surface area contributed by atoms with Gasteiger partial charge in [-0.2, -0.15) is 0 Å². The van der Waals surface area contributed by atoms with Crippen LogP contribution in [-0.4, -0.2) is 35.3 Å². The molecule has 0 atom stereocenters. The molecule has 0 aliphatic heterocycles. The van der Waals surface area contributed by atoms with Crippen LogP contribution in [0.4, 0.5) is 5.82 Å². The Morgan fingerprint density at radius 2 is 2.16 bits per heavy atom. The number of H-pyrrole nitrogens is 1. The lowest BCUT2D eigenvalue weighted by atomic mass is 10.1. The number of thiazole rings is 1. The molecule has 0 unspecified atom stereocenters. The van der Waals surface area contributed by atoms with Crippen molar-refractivity contribution in [3.8, 4) is 11.6 Å². The predicted octanol–water partition coefficient (Wildman–Crippen LogP) is 2.64. The molecule has 2 heterocycles. The first-order chi connectivity index (χ1) is 12.1. The lowest BCUT2D eigenvalue weighted by molar-refractivity contribution is 0.325. The molecule has 7 heteroatoms. The monoisotopic (exact) mass is 357 g/mol. The van der Waals surface area contributed by atoms with E-state index in [-0.39, 0.29) is 10.8 Å². The summed E-state index contributed by atoms with van der Waals surface area (Å²) in [6, 6.07) is 13.5. The van der Waals surface area contributed by atoms with Gasteiger partial charge in [-0.25, -0.2) is 4.98 Å². The Labute approximate surface area is 149 Å². The van der Waals surface area contributed by atoms with Crippen LogP contribution in [0.25, 0.3) is 0 Å². The highest BCUT2D eigenvalue weighted by atomic mass is 32.1. The van der Waals surface area contributed by atoms with E-state index < -0.39 is 0 Å². The number of ether oxygens (including phenoxy) is 1. The van der Waals surface area contributed by atoms with Crippen LogP contribution >= 0.6 is 11.3 Å². The van der Waals surface area contributed by atoms with E-state index in [1.165, 1.54) is 0 Å². The molecule has 0 saturated heterocycles. The zero-order chi connectivity index (χ0) is 17.6. The molecule has 2 N–H and O–H groups in total. The summed E-state index contributed by atoms with van der Waals surface area (Å²) in [6.45, 7) is 1.24. The van der Waals surface area contributed by atoms with Gasteiger partial charge in [0.25, 0.3) is 0 Å². The molecule has 3 rings (SSSR count). The van der Waals surface area contributed by atoms with Gasteiger partial charge in [0.15, 0.2) is 0 Å². The molecule has 3 aromatic rings. The van der Waals surface area contributed by atoms with Crippen LogP contribution in [0.2, 0.25) is 0 Å². The molecule has 0 aliphatic carbocycles. The number of likely N-dealkylation sites (N-methyl/N-ethyl adjacent to an activating group) is 1. The van der Waals surface area contributed by atoms with Crippen molar-refractivity contribution in [3.63, 3.8) is 0 Å². The third-order valence-electron chi connectivity index (χ3n) is 3.70. The van der Waals surface area contributed by atoms with Crippen molar-refractivity contribution in [2.45, 2.75) is 6.42 Å². The maximum atomic E-state index is 11.3. The highest BCUT2D eigenvalue weighted by molar-refractivity contribution is 7.09. The SMILES string of the molecule is CN(CCOc1cccc(Cc2sc(=O)[nH]c2O)c1)c1ccccn1. The number of nitrogens with zero attached hydrogens (tertiary/aromatic N) is 2. The van der Waals surface area contributed by atoms with Gasteiger partial charge in [0, 0.05) is 19.7 Å². The molecular formula is C18H19N3O3S. The van der Waals surface area contributed by atoms with Crippen LogP contribution in [0.1, 0.15) is 10.4 Å². The second-order valence-electron chi connectivity index (χ2n) is 5.57. The van der Waals surface area contributed by atoms with Crippen LogP contribution in [0, 0.1) is 0 Å². The Hall–Kier alpha value is -2.80. The topological polar surface area (TPSA) is 78.5 Å². The number of aromatic amines is 1. The molecule has 0 radical (unpaired) electrons. The average molecular weight is 357 g/mol. The van der Waals surface area contributed by atoms with Crippen LogP contribution < -0.4 is 14.5 Å². The Kier molecular flexibility index (Phi) is 5.35. The van der Waals surface area contributed by atoms with E-state index in [1.54, 1.807) is 6.20 Å². The summed E-state index contributed by atoms with van der Waals surface area (Å²) in [6.07, 6.45) is 2.25. The standard InChI is InChI=1S/C18H19N3O3S/c1-21(16-7-2-3-8-19-16)9-10-24-14-6-4-5-13(11-14)12-15-17(22)20-18(23)25-15/h2-8,11,22H,9-10,12H2,1H3,(H,20,23). The van der Waals surface area contributed by atoms with Crippen molar-refractivity contribution in [1.29, 1.82) is 0 Å². The van der Waals surface area contributed by atoms with Crippen LogP contribution in [-0.2, 0) is 6.42 Å². The van der Waals surface area contributed by atoms with Gasteiger partial charge in [-0.1, -0.05) is 29.5 Å². The van der Waals surface area contributed by atoms with E-state index >= 15 is 0 Å². The quantitative estimate of drug-likeness (QED) is 0.680. The summed E-state index contributed by atoms with van der Waals surface area (Å²) < 4.78 is 5.81. The Morgan fingerprint density at radius 1 is 1.28 bits per heavy atom. The lowest BCUT2D eigenvalue weighted by Gasteiger charge is -2.18. The zero-order valence-corrected chi connectivity index (χ0v) is 14.6. The molecule has 0 saturated carbocycles. The third-order valence-corrected chi connectivity index (χ3v) is 4.57. The Morgan fingerprint density at radius 3 is 2.88 bits per heavy atom. The van der Waals surface area contributed by atoms with Crippen molar-refractivity contribution in [3.05, 3.63) is 68.8 Å². The number of benzene rings is 1. The smallest absolute Gasteiger partial charge is 0.307 e. The number of aromatic nitrogens is 2. The van der Waals surface area contributed by atoms with Crippen molar-refractivity contribution < 1.29 is 9.84 Å². The van der Waals surface area contributed by atoms with Gasteiger partial charge < -0.3 is 14.7 Å². The number of hydrogen-bond donors (Lipinski definition) is 2. The molecule has 0 spiro atoms. The maximum Gasteiger partial charge on any atom is 0.307 e. The highest BCUT2D eigenvalue weighted by Gasteiger charge is 2.08. The summed E-state index contributed by atoms with van der Waals surface area (Å²) in [7, 11) is 1.97. The first kappa shape index (κ1) is 17.0. The Balaban J connectivity index is 1.57. The molecule has 6 nitrogen and oxygen atoms in total. The van der Waals surface area contributed by atoms with Crippen LogP contribution in [0.5, 0.6) is 11.6 Å². The zero-order valence-electron chi connectivity index (χ0n) is 13.8. The van der Waals surface area contributed by atoms with Gasteiger partial charge in [0.2, 0.25) is 5.88 Å². The second kappa shape index (κ2) is 7.85. The number of hydrogen-bond acceptors (Lipinski definition) is 6. The van der Waals surface area contributed by atoms with Crippen molar-refractivity contribution in [2.24, 2.45) is 0 Å². The number of nitrogens with one attached hydrogen (secondary N) is 1. The molecule has 0 bridgehead atoms. The predicted molar refractivity (Wildman–Crippen MR) is 98.9 cm³/mol. The summed E-state index contributed by atoms with van der Waals surface area (Å²) in [5.74, 6) is 1.60.